The van der Waals surface area contributed by atoms with Crippen molar-refractivity contribution in [1.82, 2.24) is 0 Å². The first-order valence-corrected chi connectivity index (χ1v) is 7.38. The summed E-state index contributed by atoms with van der Waals surface area (Å²) >= 11 is 0. The highest BCUT2D eigenvalue weighted by Crippen LogP contribution is 2.34. The molecule has 0 saturated carbocycles. The first-order valence-electron chi connectivity index (χ1n) is 7.38. The molecule has 0 bridgehead atoms. The van der Waals surface area contributed by atoms with E-state index in [1.807, 2.05) is 24.3 Å². The van der Waals surface area contributed by atoms with Gasteiger partial charge in [0.1, 0.15) is 11.9 Å². The van der Waals surface area contributed by atoms with Crippen molar-refractivity contribution in [3.8, 4) is 5.75 Å². The van der Waals surface area contributed by atoms with Crippen molar-refractivity contribution in [1.29, 1.82) is 0 Å². The molecule has 1 N–H and O–H groups in total. The van der Waals surface area contributed by atoms with Gasteiger partial charge in [0.05, 0.1) is 18.8 Å². The number of ether oxygens (including phenoxy) is 3. The second-order valence-electron chi connectivity index (χ2n) is 5.68. The van der Waals surface area contributed by atoms with Crippen molar-refractivity contribution >= 4 is 0 Å². The molecule has 1 spiro atoms. The molecule has 110 valence electrons. The largest absolute Gasteiger partial charge is 0.490 e. The van der Waals surface area contributed by atoms with E-state index in [0.29, 0.717) is 13.0 Å². The molecule has 2 aliphatic rings. The van der Waals surface area contributed by atoms with Gasteiger partial charge in [-0.05, 0) is 24.1 Å². The van der Waals surface area contributed by atoms with Crippen LogP contribution in [-0.2, 0) is 15.9 Å². The maximum atomic E-state index is 8.91. The van der Waals surface area contributed by atoms with Crippen LogP contribution in [0.5, 0.6) is 5.75 Å². The fourth-order valence-corrected chi connectivity index (χ4v) is 3.00. The first-order chi connectivity index (χ1) is 9.80. The Morgan fingerprint density at radius 3 is 2.80 bits per heavy atom. The highest BCUT2D eigenvalue weighted by Gasteiger charge is 2.41. The van der Waals surface area contributed by atoms with Crippen LogP contribution in [0.4, 0.5) is 0 Å². The van der Waals surface area contributed by atoms with Gasteiger partial charge in [0.15, 0.2) is 0 Å². The van der Waals surface area contributed by atoms with Crippen LogP contribution in [0.3, 0.4) is 0 Å². The smallest absolute Gasteiger partial charge is 0.119 e. The minimum Gasteiger partial charge on any atom is -0.490 e. The molecule has 2 atom stereocenters. The molecule has 20 heavy (non-hydrogen) atoms. The third-order valence-electron chi connectivity index (χ3n) is 4.14. The lowest BCUT2D eigenvalue weighted by Crippen LogP contribution is -2.44. The summed E-state index contributed by atoms with van der Waals surface area (Å²) in [5.41, 5.74) is 1.02. The van der Waals surface area contributed by atoms with Gasteiger partial charge in [-0.25, -0.2) is 0 Å². The zero-order chi connectivity index (χ0) is 13.8. The van der Waals surface area contributed by atoms with E-state index >= 15 is 0 Å². The van der Waals surface area contributed by atoms with Crippen molar-refractivity contribution in [2.45, 2.75) is 37.4 Å². The first kappa shape index (κ1) is 13.9. The van der Waals surface area contributed by atoms with E-state index < -0.39 is 0 Å². The van der Waals surface area contributed by atoms with Crippen molar-refractivity contribution in [2.75, 3.05) is 26.4 Å². The monoisotopic (exact) mass is 278 g/mol. The Hall–Kier alpha value is -1.10. The van der Waals surface area contributed by atoms with Gasteiger partial charge < -0.3 is 19.3 Å². The average molecular weight is 278 g/mol. The van der Waals surface area contributed by atoms with E-state index in [2.05, 4.69) is 0 Å². The molecular weight excluding hydrogens is 256 g/mol. The van der Waals surface area contributed by atoms with Crippen molar-refractivity contribution in [2.24, 2.45) is 0 Å². The van der Waals surface area contributed by atoms with E-state index in [1.54, 1.807) is 0 Å². The molecular formula is C16H22O4. The van der Waals surface area contributed by atoms with Crippen molar-refractivity contribution in [3.63, 3.8) is 0 Å². The molecule has 2 fully saturated rings. The van der Waals surface area contributed by atoms with Crippen LogP contribution >= 0.6 is 0 Å². The Kier molecular flexibility index (Phi) is 4.24. The van der Waals surface area contributed by atoms with E-state index in [0.717, 1.165) is 43.8 Å². The van der Waals surface area contributed by atoms with Crippen LogP contribution in [-0.4, -0.2) is 43.2 Å². The number of benzene rings is 1. The van der Waals surface area contributed by atoms with E-state index in [9.17, 15) is 0 Å². The molecule has 4 nitrogen and oxygen atoms in total. The van der Waals surface area contributed by atoms with Crippen molar-refractivity contribution < 1.29 is 19.3 Å². The standard InChI is InChI=1S/C16H22O4/c17-8-5-13-1-3-14(4-2-13)20-15-6-9-19-16(11-15)7-10-18-12-16/h1-4,15,17H,5-12H2. The van der Waals surface area contributed by atoms with Crippen LogP contribution in [0.1, 0.15) is 24.8 Å². The second kappa shape index (κ2) is 6.12. The van der Waals surface area contributed by atoms with E-state index in [-0.39, 0.29) is 18.3 Å². The quantitative estimate of drug-likeness (QED) is 0.914. The fraction of sp³-hybridized carbons (Fsp3) is 0.625. The van der Waals surface area contributed by atoms with Crippen LogP contribution in [0.2, 0.25) is 0 Å². The van der Waals surface area contributed by atoms with Crippen molar-refractivity contribution in [3.05, 3.63) is 29.8 Å². The summed E-state index contributed by atoms with van der Waals surface area (Å²) in [6, 6.07) is 8.00. The van der Waals surface area contributed by atoms with E-state index in [4.69, 9.17) is 19.3 Å². The summed E-state index contributed by atoms with van der Waals surface area (Å²) in [5, 5.41) is 8.91. The summed E-state index contributed by atoms with van der Waals surface area (Å²) < 4.78 is 17.5. The predicted molar refractivity (Wildman–Crippen MR) is 75.0 cm³/mol. The molecule has 4 heteroatoms. The van der Waals surface area contributed by atoms with Gasteiger partial charge in [-0.1, -0.05) is 12.1 Å². The van der Waals surface area contributed by atoms with Crippen LogP contribution < -0.4 is 4.74 Å². The SMILES string of the molecule is OCCc1ccc(OC2CCOC3(CCOC3)C2)cc1. The zero-order valence-electron chi connectivity index (χ0n) is 11.7. The Morgan fingerprint density at radius 1 is 1.25 bits per heavy atom. The molecule has 0 amide bonds. The molecule has 3 rings (SSSR count). The topological polar surface area (TPSA) is 47.9 Å². The molecule has 0 radical (unpaired) electrons. The molecule has 1 aromatic rings. The molecule has 2 unspecified atom stereocenters. The molecule has 0 aliphatic carbocycles. The van der Waals surface area contributed by atoms with Gasteiger partial charge in [-0.3, -0.25) is 0 Å². The average Bonchev–Trinajstić information content (AvgIpc) is 2.89. The summed E-state index contributed by atoms with van der Waals surface area (Å²) in [6.45, 7) is 2.42. The maximum absolute atomic E-state index is 8.91. The third-order valence-corrected chi connectivity index (χ3v) is 4.14. The predicted octanol–water partition coefficient (Wildman–Crippen LogP) is 1.94. The lowest BCUT2D eigenvalue weighted by Gasteiger charge is -2.37. The molecule has 2 saturated heterocycles. The van der Waals surface area contributed by atoms with Crippen LogP contribution in [0.15, 0.2) is 24.3 Å². The van der Waals surface area contributed by atoms with Crippen LogP contribution in [0.25, 0.3) is 0 Å². The van der Waals surface area contributed by atoms with Gasteiger partial charge >= 0.3 is 0 Å². The number of rotatable bonds is 4. The molecule has 1 aromatic carbocycles. The number of hydrogen-bond acceptors (Lipinski definition) is 4. The normalized spacial score (nSPS) is 29.8. The fourth-order valence-electron chi connectivity index (χ4n) is 3.00. The summed E-state index contributed by atoms with van der Waals surface area (Å²) in [4.78, 5) is 0. The Labute approximate surface area is 119 Å². The Morgan fingerprint density at radius 2 is 2.10 bits per heavy atom. The second-order valence-corrected chi connectivity index (χ2v) is 5.68. The molecule has 0 aromatic heterocycles. The molecule has 2 aliphatic heterocycles. The Bertz CT molecular complexity index is 423. The van der Waals surface area contributed by atoms with Gasteiger partial charge in [0.2, 0.25) is 0 Å². The van der Waals surface area contributed by atoms with E-state index in [1.165, 1.54) is 0 Å². The van der Waals surface area contributed by atoms with Crippen LogP contribution in [0, 0.1) is 0 Å². The lowest BCUT2D eigenvalue weighted by molar-refractivity contribution is -0.112. The van der Waals surface area contributed by atoms with Gasteiger partial charge in [0, 0.05) is 32.5 Å². The third kappa shape index (κ3) is 3.14. The summed E-state index contributed by atoms with van der Waals surface area (Å²) in [6.07, 6.45) is 3.71. The minimum atomic E-state index is -0.111. The lowest BCUT2D eigenvalue weighted by atomic mass is 9.91. The van der Waals surface area contributed by atoms with Gasteiger partial charge in [-0.2, -0.15) is 0 Å². The zero-order valence-corrected chi connectivity index (χ0v) is 11.7. The Balaban J connectivity index is 1.59. The highest BCUT2D eigenvalue weighted by atomic mass is 16.6. The molecule has 2 heterocycles. The number of hydrogen-bond donors (Lipinski definition) is 1. The summed E-state index contributed by atoms with van der Waals surface area (Å²) in [5.74, 6) is 0.896. The minimum absolute atomic E-state index is 0.111. The maximum Gasteiger partial charge on any atom is 0.119 e. The highest BCUT2D eigenvalue weighted by molar-refractivity contribution is 5.27. The number of aliphatic hydroxyl groups excluding tert-OH is 1. The summed E-state index contributed by atoms with van der Waals surface area (Å²) in [7, 11) is 0. The number of aliphatic hydroxyl groups is 1. The van der Waals surface area contributed by atoms with Gasteiger partial charge in [-0.15, -0.1) is 0 Å². The van der Waals surface area contributed by atoms with Gasteiger partial charge in [0.25, 0.3) is 0 Å².